The van der Waals surface area contributed by atoms with Crippen LogP contribution >= 0.6 is 0 Å². The fourth-order valence-corrected chi connectivity index (χ4v) is 1.71. The van der Waals surface area contributed by atoms with Crippen molar-refractivity contribution in [3.05, 3.63) is 36.4 Å². The lowest BCUT2D eigenvalue weighted by Crippen LogP contribution is -2.25. The average Bonchev–Trinajstić information content (AvgIpc) is 2.30. The minimum Gasteiger partial charge on any atom is -0.507 e. The van der Waals surface area contributed by atoms with Crippen LogP contribution in [0.5, 0.6) is 5.75 Å². The smallest absolute Gasteiger partial charge is 0.325 e. The molecule has 0 fully saturated rings. The average molecular weight is 231 g/mol. The number of aromatic hydroxyl groups is 1. The van der Waals surface area contributed by atoms with Crippen molar-refractivity contribution in [1.82, 2.24) is 0 Å². The number of phenolic OH excluding ortho intramolecular Hbond substituents is 1. The van der Waals surface area contributed by atoms with E-state index in [0.717, 1.165) is 5.39 Å². The molecule has 0 spiro atoms. The molecule has 0 saturated carbocycles. The Balaban J connectivity index is 2.48. The Morgan fingerprint density at radius 2 is 1.82 bits per heavy atom. The van der Waals surface area contributed by atoms with Crippen molar-refractivity contribution in [2.75, 3.05) is 5.32 Å². The lowest BCUT2D eigenvalue weighted by molar-refractivity contribution is -0.137. The van der Waals surface area contributed by atoms with Crippen LogP contribution in [0.3, 0.4) is 0 Å². The zero-order valence-electron chi connectivity index (χ0n) is 9.34. The first kappa shape index (κ1) is 11.3. The molecule has 4 nitrogen and oxygen atoms in total. The molecule has 17 heavy (non-hydrogen) atoms. The van der Waals surface area contributed by atoms with Gasteiger partial charge in [0.1, 0.15) is 11.8 Å². The van der Waals surface area contributed by atoms with E-state index in [1.165, 1.54) is 0 Å². The molecule has 0 aliphatic heterocycles. The zero-order chi connectivity index (χ0) is 12.4. The van der Waals surface area contributed by atoms with E-state index in [9.17, 15) is 9.90 Å². The second kappa shape index (κ2) is 4.33. The van der Waals surface area contributed by atoms with Gasteiger partial charge < -0.3 is 15.5 Å². The van der Waals surface area contributed by atoms with E-state index in [1.54, 1.807) is 37.3 Å². The van der Waals surface area contributed by atoms with Crippen molar-refractivity contribution in [2.45, 2.75) is 13.0 Å². The van der Waals surface area contributed by atoms with Crippen molar-refractivity contribution >= 4 is 22.4 Å². The van der Waals surface area contributed by atoms with Crippen LogP contribution in [0.2, 0.25) is 0 Å². The number of phenols is 1. The molecule has 0 bridgehead atoms. The second-order valence-corrected chi connectivity index (χ2v) is 3.88. The third kappa shape index (κ3) is 2.15. The molecule has 2 rings (SSSR count). The predicted molar refractivity (Wildman–Crippen MR) is 66.3 cm³/mol. The van der Waals surface area contributed by atoms with Crippen LogP contribution in [-0.4, -0.2) is 22.2 Å². The normalized spacial score (nSPS) is 12.3. The summed E-state index contributed by atoms with van der Waals surface area (Å²) in [4.78, 5) is 10.8. The lowest BCUT2D eigenvalue weighted by atomic mass is 10.1. The molecule has 0 radical (unpaired) electrons. The summed E-state index contributed by atoms with van der Waals surface area (Å²) in [5.41, 5.74) is 0.702. The number of nitrogens with one attached hydrogen (secondary N) is 1. The van der Waals surface area contributed by atoms with Crippen LogP contribution in [0.25, 0.3) is 10.8 Å². The number of aliphatic carboxylic acids is 1. The van der Waals surface area contributed by atoms with Gasteiger partial charge >= 0.3 is 5.97 Å². The number of hydrogen-bond acceptors (Lipinski definition) is 3. The van der Waals surface area contributed by atoms with Gasteiger partial charge in [-0.2, -0.15) is 0 Å². The van der Waals surface area contributed by atoms with Gasteiger partial charge in [0, 0.05) is 16.5 Å². The topological polar surface area (TPSA) is 69.6 Å². The number of anilines is 1. The molecule has 3 N–H and O–H groups in total. The van der Waals surface area contributed by atoms with Gasteiger partial charge in [-0.05, 0) is 19.1 Å². The van der Waals surface area contributed by atoms with Crippen LogP contribution in [-0.2, 0) is 4.79 Å². The van der Waals surface area contributed by atoms with Crippen LogP contribution in [0, 0.1) is 0 Å². The number of benzene rings is 2. The number of carboxylic acid groups (broad SMARTS) is 1. The predicted octanol–water partition coefficient (Wildman–Crippen LogP) is 2.43. The highest BCUT2D eigenvalue weighted by Gasteiger charge is 2.12. The molecule has 4 heteroatoms. The van der Waals surface area contributed by atoms with Gasteiger partial charge in [0.15, 0.2) is 0 Å². The van der Waals surface area contributed by atoms with Crippen molar-refractivity contribution in [3.8, 4) is 5.75 Å². The standard InChI is InChI=1S/C13H13NO3/c1-8(13(16)17)14-11-6-2-5-10-9(11)4-3-7-12(10)15/h2-8,14-15H,1H3,(H,16,17). The Morgan fingerprint density at radius 1 is 1.18 bits per heavy atom. The molecule has 0 saturated heterocycles. The second-order valence-electron chi connectivity index (χ2n) is 3.88. The summed E-state index contributed by atoms with van der Waals surface area (Å²) in [6.07, 6.45) is 0. The minimum atomic E-state index is -0.915. The van der Waals surface area contributed by atoms with E-state index in [1.807, 2.05) is 6.07 Å². The Bertz CT molecular complexity index is 566. The third-order valence-electron chi connectivity index (χ3n) is 2.64. The molecule has 1 atom stereocenters. The molecule has 0 aromatic heterocycles. The van der Waals surface area contributed by atoms with E-state index in [2.05, 4.69) is 5.32 Å². The number of carbonyl (C=O) groups is 1. The summed E-state index contributed by atoms with van der Waals surface area (Å²) in [5, 5.41) is 23.0. The summed E-state index contributed by atoms with van der Waals surface area (Å²) >= 11 is 0. The molecule has 2 aromatic rings. The third-order valence-corrected chi connectivity index (χ3v) is 2.64. The molecule has 0 amide bonds. The van der Waals surface area contributed by atoms with Crippen molar-refractivity contribution in [2.24, 2.45) is 0 Å². The highest BCUT2D eigenvalue weighted by Crippen LogP contribution is 2.29. The Kier molecular flexibility index (Phi) is 2.87. The summed E-state index contributed by atoms with van der Waals surface area (Å²) in [7, 11) is 0. The summed E-state index contributed by atoms with van der Waals surface area (Å²) in [6, 6.07) is 9.86. The summed E-state index contributed by atoms with van der Waals surface area (Å²) < 4.78 is 0. The van der Waals surface area contributed by atoms with E-state index >= 15 is 0 Å². The molecule has 0 heterocycles. The van der Waals surface area contributed by atoms with Gasteiger partial charge in [-0.25, -0.2) is 0 Å². The largest absolute Gasteiger partial charge is 0.507 e. The van der Waals surface area contributed by atoms with Crippen LogP contribution in [0.15, 0.2) is 36.4 Å². The van der Waals surface area contributed by atoms with Crippen LogP contribution in [0.4, 0.5) is 5.69 Å². The highest BCUT2D eigenvalue weighted by atomic mass is 16.4. The van der Waals surface area contributed by atoms with Crippen molar-refractivity contribution in [1.29, 1.82) is 0 Å². The number of fused-ring (bicyclic) bond motifs is 1. The Morgan fingerprint density at radius 3 is 2.53 bits per heavy atom. The van der Waals surface area contributed by atoms with Gasteiger partial charge in [-0.3, -0.25) is 4.79 Å². The lowest BCUT2D eigenvalue weighted by Gasteiger charge is -2.13. The maximum Gasteiger partial charge on any atom is 0.325 e. The van der Waals surface area contributed by atoms with Gasteiger partial charge in [0.25, 0.3) is 0 Å². The number of rotatable bonds is 3. The molecule has 2 aromatic carbocycles. The van der Waals surface area contributed by atoms with Crippen molar-refractivity contribution in [3.63, 3.8) is 0 Å². The van der Waals surface area contributed by atoms with Crippen LogP contribution < -0.4 is 5.32 Å². The molecular formula is C13H13NO3. The van der Waals surface area contributed by atoms with E-state index in [0.29, 0.717) is 11.1 Å². The van der Waals surface area contributed by atoms with E-state index in [4.69, 9.17) is 5.11 Å². The molecular weight excluding hydrogens is 218 g/mol. The first-order valence-corrected chi connectivity index (χ1v) is 5.29. The fraction of sp³-hybridized carbons (Fsp3) is 0.154. The maximum atomic E-state index is 10.8. The van der Waals surface area contributed by atoms with Gasteiger partial charge in [0.2, 0.25) is 0 Å². The Labute approximate surface area is 98.5 Å². The number of hydrogen-bond donors (Lipinski definition) is 3. The van der Waals surface area contributed by atoms with E-state index < -0.39 is 12.0 Å². The molecule has 1 unspecified atom stereocenters. The number of carboxylic acids is 1. The Hall–Kier alpha value is -2.23. The SMILES string of the molecule is CC(Nc1cccc2c(O)cccc12)C(=O)O. The first-order chi connectivity index (χ1) is 8.09. The van der Waals surface area contributed by atoms with Crippen LogP contribution in [0.1, 0.15) is 6.92 Å². The van der Waals surface area contributed by atoms with Gasteiger partial charge in [-0.1, -0.05) is 24.3 Å². The zero-order valence-corrected chi connectivity index (χ0v) is 9.34. The monoisotopic (exact) mass is 231 g/mol. The van der Waals surface area contributed by atoms with Gasteiger partial charge in [-0.15, -0.1) is 0 Å². The molecule has 0 aliphatic rings. The molecule has 0 aliphatic carbocycles. The fourth-order valence-electron chi connectivity index (χ4n) is 1.71. The summed E-state index contributed by atoms with van der Waals surface area (Å²) in [5.74, 6) is -0.726. The summed E-state index contributed by atoms with van der Waals surface area (Å²) in [6.45, 7) is 1.57. The van der Waals surface area contributed by atoms with E-state index in [-0.39, 0.29) is 5.75 Å². The highest BCUT2D eigenvalue weighted by molar-refractivity contribution is 5.98. The first-order valence-electron chi connectivity index (χ1n) is 5.29. The quantitative estimate of drug-likeness (QED) is 0.758. The van der Waals surface area contributed by atoms with Crippen molar-refractivity contribution < 1.29 is 15.0 Å². The maximum absolute atomic E-state index is 10.8. The molecule has 88 valence electrons. The minimum absolute atomic E-state index is 0.189. The van der Waals surface area contributed by atoms with Gasteiger partial charge in [0.05, 0.1) is 0 Å².